The third-order valence-corrected chi connectivity index (χ3v) is 5.13. The number of hydrogen-bond acceptors (Lipinski definition) is 5. The standard InChI is InChI=1S/C18H17FN4O.ClH/c19-11-4-5-14-12(8-11)13(9-15(21-14)10-2-3-10)16-22-17(23-24-16)18(20)6-1-7-18;/h4-5,8-10H,1-3,6-7,20H2;1H. The minimum Gasteiger partial charge on any atom is -0.334 e. The largest absolute Gasteiger partial charge is 0.334 e. The Morgan fingerprint density at radius 3 is 2.64 bits per heavy atom. The molecule has 2 N–H and O–H groups in total. The van der Waals surface area contributed by atoms with Crippen LogP contribution in [-0.4, -0.2) is 15.1 Å². The Labute approximate surface area is 150 Å². The molecule has 2 aromatic heterocycles. The smallest absolute Gasteiger partial charge is 0.258 e. The number of hydrogen-bond donors (Lipinski definition) is 1. The van der Waals surface area contributed by atoms with Gasteiger partial charge in [-0.2, -0.15) is 4.98 Å². The van der Waals surface area contributed by atoms with Crippen LogP contribution in [0.5, 0.6) is 0 Å². The minimum absolute atomic E-state index is 0. The van der Waals surface area contributed by atoms with Crippen LogP contribution in [0.25, 0.3) is 22.4 Å². The first kappa shape index (κ1) is 16.4. The van der Waals surface area contributed by atoms with Crippen molar-refractivity contribution in [3.05, 3.63) is 41.6 Å². The summed E-state index contributed by atoms with van der Waals surface area (Å²) in [6.07, 6.45) is 5.09. The molecule has 0 bridgehead atoms. The molecular formula is C18H18ClFN4O. The van der Waals surface area contributed by atoms with E-state index in [0.29, 0.717) is 23.0 Å². The summed E-state index contributed by atoms with van der Waals surface area (Å²) >= 11 is 0. The van der Waals surface area contributed by atoms with Gasteiger partial charge in [-0.1, -0.05) is 5.16 Å². The molecule has 130 valence electrons. The second-order valence-electron chi connectivity index (χ2n) is 6.96. The molecule has 0 spiro atoms. The van der Waals surface area contributed by atoms with Crippen molar-refractivity contribution in [1.82, 2.24) is 15.1 Å². The summed E-state index contributed by atoms with van der Waals surface area (Å²) in [5.74, 6) is 1.10. The van der Waals surface area contributed by atoms with E-state index in [9.17, 15) is 4.39 Å². The molecule has 2 heterocycles. The average Bonchev–Trinajstić information content (AvgIpc) is 3.29. The molecule has 0 aliphatic heterocycles. The molecule has 0 atom stereocenters. The SMILES string of the molecule is Cl.NC1(c2noc(-c3cc(C4CC4)nc4ccc(F)cc34)n2)CCC1. The van der Waals surface area contributed by atoms with Gasteiger partial charge in [-0.3, -0.25) is 4.98 Å². The maximum Gasteiger partial charge on any atom is 0.258 e. The van der Waals surface area contributed by atoms with Gasteiger partial charge in [0, 0.05) is 17.0 Å². The first-order valence-corrected chi connectivity index (χ1v) is 8.36. The summed E-state index contributed by atoms with van der Waals surface area (Å²) in [5.41, 5.74) is 8.31. The highest BCUT2D eigenvalue weighted by atomic mass is 35.5. The van der Waals surface area contributed by atoms with Gasteiger partial charge in [0.2, 0.25) is 0 Å². The summed E-state index contributed by atoms with van der Waals surface area (Å²) in [4.78, 5) is 9.19. The zero-order valence-corrected chi connectivity index (χ0v) is 14.4. The van der Waals surface area contributed by atoms with Crippen molar-refractivity contribution >= 4 is 23.3 Å². The van der Waals surface area contributed by atoms with Gasteiger partial charge < -0.3 is 10.3 Å². The molecule has 0 saturated heterocycles. The Morgan fingerprint density at radius 2 is 1.96 bits per heavy atom. The van der Waals surface area contributed by atoms with E-state index in [2.05, 4.69) is 15.1 Å². The molecule has 2 fully saturated rings. The van der Waals surface area contributed by atoms with Crippen molar-refractivity contribution in [3.8, 4) is 11.5 Å². The molecule has 0 radical (unpaired) electrons. The first-order chi connectivity index (χ1) is 11.6. The highest BCUT2D eigenvalue weighted by Gasteiger charge is 2.39. The van der Waals surface area contributed by atoms with Gasteiger partial charge in [-0.15, -0.1) is 12.4 Å². The van der Waals surface area contributed by atoms with E-state index in [-0.39, 0.29) is 18.2 Å². The molecule has 0 unspecified atom stereocenters. The van der Waals surface area contributed by atoms with E-state index in [1.165, 1.54) is 12.1 Å². The molecule has 2 aliphatic carbocycles. The van der Waals surface area contributed by atoms with E-state index in [0.717, 1.165) is 48.9 Å². The lowest BCUT2D eigenvalue weighted by atomic mass is 9.77. The molecule has 5 nitrogen and oxygen atoms in total. The molecule has 5 rings (SSSR count). The fourth-order valence-electron chi connectivity index (χ4n) is 3.30. The van der Waals surface area contributed by atoms with Crippen LogP contribution in [0.1, 0.15) is 49.5 Å². The second kappa shape index (κ2) is 5.75. The van der Waals surface area contributed by atoms with Crippen LogP contribution < -0.4 is 5.73 Å². The first-order valence-electron chi connectivity index (χ1n) is 8.36. The Morgan fingerprint density at radius 1 is 1.16 bits per heavy atom. The lowest BCUT2D eigenvalue weighted by molar-refractivity contribution is 0.229. The van der Waals surface area contributed by atoms with Crippen LogP contribution >= 0.6 is 12.4 Å². The van der Waals surface area contributed by atoms with E-state index >= 15 is 0 Å². The van der Waals surface area contributed by atoms with Crippen LogP contribution in [0.15, 0.2) is 28.8 Å². The molecule has 0 amide bonds. The van der Waals surface area contributed by atoms with Gasteiger partial charge in [-0.25, -0.2) is 4.39 Å². The van der Waals surface area contributed by atoms with Crippen LogP contribution in [0.4, 0.5) is 4.39 Å². The summed E-state index contributed by atoms with van der Waals surface area (Å²) in [6.45, 7) is 0. The van der Waals surface area contributed by atoms with Crippen molar-refractivity contribution in [2.24, 2.45) is 5.73 Å². The number of aromatic nitrogens is 3. The Balaban J connectivity index is 0.00000157. The number of halogens is 2. The maximum atomic E-state index is 13.7. The van der Waals surface area contributed by atoms with Gasteiger partial charge in [0.1, 0.15) is 5.82 Å². The Kier molecular flexibility index (Phi) is 3.77. The van der Waals surface area contributed by atoms with E-state index < -0.39 is 5.54 Å². The fraction of sp³-hybridized carbons (Fsp3) is 0.389. The van der Waals surface area contributed by atoms with Crippen molar-refractivity contribution < 1.29 is 8.91 Å². The van der Waals surface area contributed by atoms with Gasteiger partial charge >= 0.3 is 0 Å². The predicted octanol–water partition coefficient (Wildman–Crippen LogP) is 4.06. The van der Waals surface area contributed by atoms with Gasteiger partial charge in [-0.05, 0) is 56.4 Å². The van der Waals surface area contributed by atoms with Crippen LogP contribution in [-0.2, 0) is 5.54 Å². The second-order valence-corrected chi connectivity index (χ2v) is 6.96. The topological polar surface area (TPSA) is 77.8 Å². The summed E-state index contributed by atoms with van der Waals surface area (Å²) < 4.78 is 19.2. The number of nitrogens with two attached hydrogens (primary N) is 1. The minimum atomic E-state index is -0.477. The molecule has 3 aromatic rings. The monoisotopic (exact) mass is 360 g/mol. The van der Waals surface area contributed by atoms with Crippen LogP contribution in [0, 0.1) is 5.82 Å². The number of fused-ring (bicyclic) bond motifs is 1. The molecule has 2 saturated carbocycles. The van der Waals surface area contributed by atoms with Crippen LogP contribution in [0.3, 0.4) is 0 Å². The number of rotatable bonds is 3. The van der Waals surface area contributed by atoms with Crippen LogP contribution in [0.2, 0.25) is 0 Å². The third-order valence-electron chi connectivity index (χ3n) is 5.13. The number of nitrogens with zero attached hydrogens (tertiary/aromatic N) is 3. The van der Waals surface area contributed by atoms with Crippen molar-refractivity contribution in [1.29, 1.82) is 0 Å². The summed E-state index contributed by atoms with van der Waals surface area (Å²) in [5, 5.41) is 4.77. The van der Waals surface area contributed by atoms with Gasteiger partial charge in [0.25, 0.3) is 5.89 Å². The number of benzene rings is 1. The Hall–Kier alpha value is -2.05. The number of pyridine rings is 1. The van der Waals surface area contributed by atoms with Gasteiger partial charge in [0.15, 0.2) is 5.82 Å². The van der Waals surface area contributed by atoms with Crippen molar-refractivity contribution in [2.75, 3.05) is 0 Å². The molecule has 7 heteroatoms. The zero-order valence-electron chi connectivity index (χ0n) is 13.5. The van der Waals surface area contributed by atoms with Gasteiger partial charge in [0.05, 0.1) is 16.6 Å². The third kappa shape index (κ3) is 2.69. The Bertz CT molecular complexity index is 949. The quantitative estimate of drug-likeness (QED) is 0.762. The maximum absolute atomic E-state index is 13.7. The molecule has 1 aromatic carbocycles. The lowest BCUT2D eigenvalue weighted by Crippen LogP contribution is -2.44. The highest BCUT2D eigenvalue weighted by molar-refractivity contribution is 5.92. The zero-order chi connectivity index (χ0) is 16.3. The fourth-order valence-corrected chi connectivity index (χ4v) is 3.30. The van der Waals surface area contributed by atoms with E-state index in [4.69, 9.17) is 10.3 Å². The molecule has 2 aliphatic rings. The average molecular weight is 361 g/mol. The highest BCUT2D eigenvalue weighted by Crippen LogP contribution is 2.42. The van der Waals surface area contributed by atoms with Crippen molar-refractivity contribution in [2.45, 2.75) is 43.6 Å². The molecular weight excluding hydrogens is 343 g/mol. The molecule has 25 heavy (non-hydrogen) atoms. The summed E-state index contributed by atoms with van der Waals surface area (Å²) in [7, 11) is 0. The summed E-state index contributed by atoms with van der Waals surface area (Å²) in [6, 6.07) is 6.56. The predicted molar refractivity (Wildman–Crippen MR) is 93.9 cm³/mol. The lowest BCUT2D eigenvalue weighted by Gasteiger charge is -2.34. The van der Waals surface area contributed by atoms with Crippen molar-refractivity contribution in [3.63, 3.8) is 0 Å². The van der Waals surface area contributed by atoms with E-state index in [1.54, 1.807) is 6.07 Å². The van der Waals surface area contributed by atoms with E-state index in [1.807, 2.05) is 6.07 Å². The normalized spacial score (nSPS) is 18.6.